The maximum absolute atomic E-state index is 9.81. The molecule has 292 valence electrons. The number of benzene rings is 10. The molecule has 2 heterocycles. The standard InChI is InChI=1S/C58H35N5/c59-36-37-24-30-54-51(32-37)52-33-42(29-31-55(52)63(54)43-18-8-3-9-19-43)38-25-27-39(28-26-38)48-34-49-46-22-12-13-23-47(46)53(35-50(49)45-21-11-10-20-44(45)48)58-61-56(40-14-4-1-5-15-40)60-57(62-58)41-16-6-2-7-17-41/h1-35H. The summed E-state index contributed by atoms with van der Waals surface area (Å²) in [6.07, 6.45) is 0. The summed E-state index contributed by atoms with van der Waals surface area (Å²) in [5.74, 6) is 1.91. The number of hydrogen-bond donors (Lipinski definition) is 0. The Balaban J connectivity index is 1.00. The maximum Gasteiger partial charge on any atom is 0.164 e. The van der Waals surface area contributed by atoms with Crippen molar-refractivity contribution < 1.29 is 0 Å². The Hall–Kier alpha value is -8.72. The van der Waals surface area contributed by atoms with Gasteiger partial charge in [-0.15, -0.1) is 0 Å². The Morgan fingerprint density at radius 2 is 0.778 bits per heavy atom. The molecular formula is C58H35N5. The lowest BCUT2D eigenvalue weighted by Crippen LogP contribution is -2.00. The molecular weight excluding hydrogens is 767 g/mol. The van der Waals surface area contributed by atoms with Gasteiger partial charge >= 0.3 is 0 Å². The van der Waals surface area contributed by atoms with Crippen molar-refractivity contribution in [3.05, 3.63) is 218 Å². The van der Waals surface area contributed by atoms with Crippen molar-refractivity contribution in [1.82, 2.24) is 19.5 Å². The van der Waals surface area contributed by atoms with E-state index in [-0.39, 0.29) is 0 Å². The van der Waals surface area contributed by atoms with Crippen LogP contribution in [0.5, 0.6) is 0 Å². The summed E-state index contributed by atoms with van der Waals surface area (Å²) in [6, 6.07) is 76.5. The smallest absolute Gasteiger partial charge is 0.164 e. The summed E-state index contributed by atoms with van der Waals surface area (Å²) in [4.78, 5) is 15.3. The molecule has 0 fully saturated rings. The third kappa shape index (κ3) is 6.12. The highest BCUT2D eigenvalue weighted by Crippen LogP contribution is 2.42. The van der Waals surface area contributed by atoms with Gasteiger partial charge in [0.2, 0.25) is 0 Å². The first kappa shape index (κ1) is 36.2. The van der Waals surface area contributed by atoms with E-state index in [1.165, 1.54) is 21.7 Å². The average molecular weight is 802 g/mol. The van der Waals surface area contributed by atoms with Crippen molar-refractivity contribution in [2.75, 3.05) is 0 Å². The minimum Gasteiger partial charge on any atom is -0.309 e. The summed E-state index contributed by atoms with van der Waals surface area (Å²) in [6.45, 7) is 0. The first-order valence-electron chi connectivity index (χ1n) is 21.1. The predicted molar refractivity (Wildman–Crippen MR) is 259 cm³/mol. The second kappa shape index (κ2) is 14.8. The van der Waals surface area contributed by atoms with Crippen molar-refractivity contribution in [2.45, 2.75) is 0 Å². The van der Waals surface area contributed by atoms with Crippen LogP contribution in [0.2, 0.25) is 0 Å². The number of rotatable bonds is 6. The maximum atomic E-state index is 9.81. The zero-order valence-corrected chi connectivity index (χ0v) is 33.9. The molecule has 0 spiro atoms. The summed E-state index contributed by atoms with van der Waals surface area (Å²) in [5.41, 5.74) is 11.3. The van der Waals surface area contributed by atoms with Gasteiger partial charge in [-0.25, -0.2) is 15.0 Å². The van der Waals surface area contributed by atoms with Crippen molar-refractivity contribution in [3.63, 3.8) is 0 Å². The van der Waals surface area contributed by atoms with Crippen LogP contribution in [0, 0.1) is 11.3 Å². The fraction of sp³-hybridized carbons (Fsp3) is 0. The van der Waals surface area contributed by atoms with Crippen LogP contribution >= 0.6 is 0 Å². The van der Waals surface area contributed by atoms with Gasteiger partial charge in [-0.1, -0.05) is 158 Å². The number of hydrogen-bond acceptors (Lipinski definition) is 4. The molecule has 0 saturated heterocycles. The van der Waals surface area contributed by atoms with Crippen LogP contribution in [-0.4, -0.2) is 19.5 Å². The summed E-state index contributed by atoms with van der Waals surface area (Å²) >= 11 is 0. The van der Waals surface area contributed by atoms with Gasteiger partial charge in [0.1, 0.15) is 0 Å². The van der Waals surface area contributed by atoms with E-state index in [1.807, 2.05) is 78.9 Å². The topological polar surface area (TPSA) is 67.4 Å². The Labute approximate surface area is 363 Å². The number of nitrogens with zero attached hydrogens (tertiary/aromatic N) is 5. The van der Waals surface area contributed by atoms with Crippen molar-refractivity contribution in [2.24, 2.45) is 0 Å². The Morgan fingerprint density at radius 3 is 1.38 bits per heavy atom. The van der Waals surface area contributed by atoms with Gasteiger partial charge in [0.15, 0.2) is 17.5 Å². The van der Waals surface area contributed by atoms with Gasteiger partial charge in [0.25, 0.3) is 0 Å². The third-order valence-corrected chi connectivity index (χ3v) is 12.3. The molecule has 12 rings (SSSR count). The molecule has 63 heavy (non-hydrogen) atoms. The van der Waals surface area contributed by atoms with Crippen LogP contribution in [0.25, 0.3) is 116 Å². The van der Waals surface area contributed by atoms with E-state index in [0.717, 1.165) is 77.0 Å². The van der Waals surface area contributed by atoms with Crippen LogP contribution in [0.1, 0.15) is 5.56 Å². The van der Waals surface area contributed by atoms with Crippen molar-refractivity contribution >= 4 is 54.1 Å². The number of para-hydroxylation sites is 1. The first-order chi connectivity index (χ1) is 31.2. The highest BCUT2D eigenvalue weighted by molar-refractivity contribution is 6.23. The summed E-state index contributed by atoms with van der Waals surface area (Å²) < 4.78 is 2.28. The molecule has 5 heteroatoms. The molecule has 0 saturated carbocycles. The second-order valence-electron chi connectivity index (χ2n) is 15.9. The SMILES string of the molecule is N#Cc1ccc2c(c1)c1cc(-c3ccc(-c4cc5c6ccccc6c(-c6nc(-c7ccccc7)nc(-c7ccccc7)n6)cc5c5ccccc45)cc3)ccc1n2-c1ccccc1. The quantitative estimate of drug-likeness (QED) is 0.157. The summed E-state index contributed by atoms with van der Waals surface area (Å²) in [5, 5.41) is 18.9. The van der Waals surface area contributed by atoms with Crippen molar-refractivity contribution in [1.29, 1.82) is 5.26 Å². The van der Waals surface area contributed by atoms with E-state index in [0.29, 0.717) is 23.0 Å². The highest BCUT2D eigenvalue weighted by Gasteiger charge is 2.19. The molecule has 2 aromatic heterocycles. The summed E-state index contributed by atoms with van der Waals surface area (Å²) in [7, 11) is 0. The Kier molecular flexibility index (Phi) is 8.48. The Morgan fingerprint density at radius 1 is 0.317 bits per heavy atom. The lowest BCUT2D eigenvalue weighted by atomic mass is 9.88. The highest BCUT2D eigenvalue weighted by atomic mass is 15.0. The molecule has 0 radical (unpaired) electrons. The van der Waals surface area contributed by atoms with Crippen LogP contribution in [0.15, 0.2) is 212 Å². The largest absolute Gasteiger partial charge is 0.309 e. The Bertz CT molecular complexity index is 3720. The van der Waals surface area contributed by atoms with E-state index in [9.17, 15) is 5.26 Å². The molecule has 0 aliphatic rings. The fourth-order valence-electron chi connectivity index (χ4n) is 9.27. The lowest BCUT2D eigenvalue weighted by molar-refractivity contribution is 1.08. The molecule has 0 bridgehead atoms. The molecule has 0 unspecified atom stereocenters. The molecule has 0 atom stereocenters. The normalized spacial score (nSPS) is 11.5. The predicted octanol–water partition coefficient (Wildman–Crippen LogP) is 14.6. The van der Waals surface area contributed by atoms with Gasteiger partial charge in [0.05, 0.1) is 22.7 Å². The van der Waals surface area contributed by atoms with E-state index in [2.05, 4.69) is 144 Å². The zero-order chi connectivity index (χ0) is 41.9. The fourth-order valence-corrected chi connectivity index (χ4v) is 9.27. The number of nitriles is 1. The lowest BCUT2D eigenvalue weighted by Gasteiger charge is -2.16. The second-order valence-corrected chi connectivity index (χ2v) is 15.9. The molecule has 0 aliphatic heterocycles. The van der Waals surface area contributed by atoms with Gasteiger partial charge in [0, 0.05) is 33.2 Å². The molecule has 0 N–H and O–H groups in total. The van der Waals surface area contributed by atoms with Gasteiger partial charge in [-0.05, 0) is 109 Å². The molecule has 0 aliphatic carbocycles. The third-order valence-electron chi connectivity index (χ3n) is 12.3. The number of fused-ring (bicyclic) bond motifs is 8. The zero-order valence-electron chi connectivity index (χ0n) is 33.9. The van der Waals surface area contributed by atoms with Gasteiger partial charge in [-0.2, -0.15) is 5.26 Å². The van der Waals surface area contributed by atoms with Crippen molar-refractivity contribution in [3.8, 4) is 68.2 Å². The average Bonchev–Trinajstić information content (AvgIpc) is 3.69. The van der Waals surface area contributed by atoms with E-state index < -0.39 is 0 Å². The molecule has 12 aromatic rings. The monoisotopic (exact) mass is 801 g/mol. The first-order valence-corrected chi connectivity index (χ1v) is 21.1. The molecule has 10 aromatic carbocycles. The van der Waals surface area contributed by atoms with Crippen LogP contribution < -0.4 is 0 Å². The molecule has 5 nitrogen and oxygen atoms in total. The van der Waals surface area contributed by atoms with Crippen LogP contribution in [0.3, 0.4) is 0 Å². The van der Waals surface area contributed by atoms with Crippen LogP contribution in [0.4, 0.5) is 0 Å². The van der Waals surface area contributed by atoms with E-state index in [1.54, 1.807) is 0 Å². The minimum atomic E-state index is 0.637. The minimum absolute atomic E-state index is 0.637. The molecule has 0 amide bonds. The van der Waals surface area contributed by atoms with Gasteiger partial charge in [-0.3, -0.25) is 0 Å². The number of aromatic nitrogens is 4. The van der Waals surface area contributed by atoms with E-state index >= 15 is 0 Å². The van der Waals surface area contributed by atoms with E-state index in [4.69, 9.17) is 15.0 Å². The van der Waals surface area contributed by atoms with Crippen LogP contribution in [-0.2, 0) is 0 Å². The van der Waals surface area contributed by atoms with Gasteiger partial charge < -0.3 is 4.57 Å².